The number of amides is 1. The summed E-state index contributed by atoms with van der Waals surface area (Å²) in [7, 11) is 0. The predicted octanol–water partition coefficient (Wildman–Crippen LogP) is 3.13. The van der Waals surface area contributed by atoms with Crippen molar-refractivity contribution >= 4 is 11.6 Å². The van der Waals surface area contributed by atoms with Crippen LogP contribution in [0.5, 0.6) is 0 Å². The van der Waals surface area contributed by atoms with E-state index in [0.717, 1.165) is 16.8 Å². The molecule has 0 aliphatic heterocycles. The van der Waals surface area contributed by atoms with Gasteiger partial charge in [0.15, 0.2) is 0 Å². The minimum absolute atomic E-state index is 0.302. The highest BCUT2D eigenvalue weighted by atomic mass is 16.1. The van der Waals surface area contributed by atoms with E-state index in [1.165, 1.54) is 0 Å². The molecule has 0 saturated carbocycles. The van der Waals surface area contributed by atoms with Crippen LogP contribution in [0.3, 0.4) is 0 Å². The van der Waals surface area contributed by atoms with Crippen LogP contribution in [0.4, 0.5) is 5.69 Å². The predicted molar refractivity (Wildman–Crippen MR) is 65.9 cm³/mol. The Morgan fingerprint density at radius 2 is 1.56 bits per heavy atom. The van der Waals surface area contributed by atoms with Gasteiger partial charge in [0, 0.05) is 18.2 Å². The number of rotatable bonds is 2. The van der Waals surface area contributed by atoms with Crippen LogP contribution in [0.25, 0.3) is 11.1 Å². The lowest BCUT2D eigenvalue weighted by Crippen LogP contribution is -2.07. The maximum absolute atomic E-state index is 11.0. The number of carbonyl (C=O) groups is 1. The molecule has 0 saturated heterocycles. The van der Waals surface area contributed by atoms with Crippen molar-refractivity contribution in [3.05, 3.63) is 61.5 Å². The topological polar surface area (TPSA) is 29.1 Å². The van der Waals surface area contributed by atoms with E-state index in [0.29, 0.717) is 0 Å². The fourth-order valence-electron chi connectivity index (χ4n) is 1.61. The minimum atomic E-state index is -0.302. The Hall–Kier alpha value is -2.09. The van der Waals surface area contributed by atoms with Crippen LogP contribution in [0.1, 0.15) is 0 Å². The van der Waals surface area contributed by atoms with Gasteiger partial charge in [-0.05, 0) is 11.6 Å². The summed E-state index contributed by atoms with van der Waals surface area (Å²) < 4.78 is 0. The monoisotopic (exact) mass is 210 g/mol. The smallest absolute Gasteiger partial charge is 0.224 e. The minimum Gasteiger partial charge on any atom is -0.326 e. The number of anilines is 1. The third-order valence-electron chi connectivity index (χ3n) is 2.29. The molecule has 0 spiro atoms. The Labute approximate surface area is 94.9 Å². The number of para-hydroxylation sites is 1. The molecule has 0 bridgehead atoms. The van der Waals surface area contributed by atoms with Gasteiger partial charge in [0.25, 0.3) is 0 Å². The summed E-state index contributed by atoms with van der Waals surface area (Å²) in [5, 5.41) is 2.72. The Morgan fingerprint density at radius 3 is 2.25 bits per heavy atom. The van der Waals surface area contributed by atoms with Crippen molar-refractivity contribution in [2.45, 2.75) is 0 Å². The fraction of sp³-hybridized carbons (Fsp3) is 0. The molecule has 1 radical (unpaired) electrons. The second-order valence-corrected chi connectivity index (χ2v) is 3.46. The summed E-state index contributed by atoms with van der Waals surface area (Å²) in [6.45, 7) is 3.32. The maximum atomic E-state index is 11.0. The number of hydrogen-bond donors (Lipinski definition) is 1. The Kier molecular flexibility index (Phi) is 3.01. The molecule has 16 heavy (non-hydrogen) atoms. The van der Waals surface area contributed by atoms with Crippen LogP contribution >= 0.6 is 0 Å². The highest BCUT2D eigenvalue weighted by Gasteiger charge is 2.04. The van der Waals surface area contributed by atoms with E-state index in [4.69, 9.17) is 0 Å². The molecule has 0 aromatic heterocycles. The lowest BCUT2D eigenvalue weighted by atomic mass is 10.0. The quantitative estimate of drug-likeness (QED) is 0.810. The molecule has 0 atom stereocenters. The third kappa shape index (κ3) is 2.28. The van der Waals surface area contributed by atoms with E-state index in [-0.39, 0.29) is 5.91 Å². The first-order valence-corrected chi connectivity index (χ1v) is 5.05. The summed E-state index contributed by atoms with van der Waals surface area (Å²) in [5.41, 5.74) is 2.86. The van der Waals surface area contributed by atoms with E-state index in [9.17, 15) is 4.79 Å². The number of hydrogen-bond acceptors (Lipinski definition) is 1. The van der Waals surface area contributed by atoms with Gasteiger partial charge in [-0.1, -0.05) is 48.5 Å². The zero-order chi connectivity index (χ0) is 11.4. The maximum Gasteiger partial charge on any atom is 0.224 e. The first-order valence-electron chi connectivity index (χ1n) is 5.05. The van der Waals surface area contributed by atoms with Gasteiger partial charge in [-0.3, -0.25) is 4.79 Å². The largest absolute Gasteiger partial charge is 0.326 e. The van der Waals surface area contributed by atoms with Crippen molar-refractivity contribution in [1.82, 2.24) is 0 Å². The lowest BCUT2D eigenvalue weighted by molar-refractivity contribution is -0.112. The van der Waals surface area contributed by atoms with Crippen LogP contribution in [-0.4, -0.2) is 5.91 Å². The average Bonchev–Trinajstić information content (AvgIpc) is 2.30. The van der Waals surface area contributed by atoms with Gasteiger partial charge in [0.1, 0.15) is 0 Å². The van der Waals surface area contributed by atoms with Gasteiger partial charge in [-0.2, -0.15) is 0 Å². The van der Waals surface area contributed by atoms with E-state index >= 15 is 0 Å². The molecular weight excluding hydrogens is 198 g/mol. The highest BCUT2D eigenvalue weighted by Crippen LogP contribution is 2.27. The molecule has 1 amide bonds. The van der Waals surface area contributed by atoms with Crippen LogP contribution in [0, 0.1) is 6.92 Å². The summed E-state index contributed by atoms with van der Waals surface area (Å²) in [5.74, 6) is -0.302. The number of nitrogens with one attached hydrogen (secondary N) is 1. The van der Waals surface area contributed by atoms with Gasteiger partial charge in [-0.25, -0.2) is 0 Å². The second kappa shape index (κ2) is 4.62. The summed E-state index contributed by atoms with van der Waals surface area (Å²) in [4.78, 5) is 11.0. The van der Waals surface area contributed by atoms with Gasteiger partial charge >= 0.3 is 0 Å². The molecule has 2 aromatic rings. The molecule has 2 rings (SSSR count). The summed E-state index contributed by atoms with van der Waals surface area (Å²) >= 11 is 0. The van der Waals surface area contributed by atoms with Crippen molar-refractivity contribution in [1.29, 1.82) is 0 Å². The summed E-state index contributed by atoms with van der Waals surface area (Å²) in [6.07, 6.45) is 0. The lowest BCUT2D eigenvalue weighted by Gasteiger charge is -2.09. The summed E-state index contributed by atoms with van der Waals surface area (Å²) in [6, 6.07) is 17.6. The van der Waals surface area contributed by atoms with Crippen LogP contribution in [-0.2, 0) is 4.79 Å². The molecule has 79 valence electrons. The van der Waals surface area contributed by atoms with Crippen molar-refractivity contribution in [2.75, 3.05) is 5.32 Å². The Morgan fingerprint density at radius 1 is 0.938 bits per heavy atom. The standard InChI is InChI=1S/C14H12NO/c1-11(16)15-14-10-6-5-9-13(14)12-7-3-2-4-8-12/h2-10H,1H2,(H,15,16). The molecule has 0 unspecified atom stereocenters. The van der Waals surface area contributed by atoms with Crippen molar-refractivity contribution in [3.8, 4) is 11.1 Å². The van der Waals surface area contributed by atoms with Crippen LogP contribution in [0.2, 0.25) is 0 Å². The SMILES string of the molecule is [CH2]C(=O)Nc1ccccc1-c1ccccc1. The van der Waals surface area contributed by atoms with Crippen LogP contribution in [0.15, 0.2) is 54.6 Å². The molecule has 0 aliphatic rings. The van der Waals surface area contributed by atoms with Gasteiger partial charge < -0.3 is 5.32 Å². The van der Waals surface area contributed by atoms with Gasteiger partial charge in [0.2, 0.25) is 5.91 Å². The first-order chi connectivity index (χ1) is 7.77. The molecule has 0 aliphatic carbocycles. The van der Waals surface area contributed by atoms with Crippen molar-refractivity contribution in [3.63, 3.8) is 0 Å². The second-order valence-electron chi connectivity index (χ2n) is 3.46. The van der Waals surface area contributed by atoms with E-state index in [1.54, 1.807) is 0 Å². The molecule has 0 fully saturated rings. The molecule has 2 heteroatoms. The number of carbonyl (C=O) groups excluding carboxylic acids is 1. The van der Waals surface area contributed by atoms with Crippen molar-refractivity contribution < 1.29 is 4.79 Å². The first kappa shape index (κ1) is 10.4. The molecule has 0 heterocycles. The normalized spacial score (nSPS) is 9.81. The van der Waals surface area contributed by atoms with E-state index in [1.807, 2.05) is 54.6 Å². The molecule has 2 nitrogen and oxygen atoms in total. The Balaban J connectivity index is 2.44. The molecular formula is C14H12NO. The van der Waals surface area contributed by atoms with Crippen molar-refractivity contribution in [2.24, 2.45) is 0 Å². The fourth-order valence-corrected chi connectivity index (χ4v) is 1.61. The van der Waals surface area contributed by atoms with Gasteiger partial charge in [-0.15, -0.1) is 0 Å². The Bertz CT molecular complexity index is 491. The third-order valence-corrected chi connectivity index (χ3v) is 2.29. The average molecular weight is 210 g/mol. The number of benzene rings is 2. The molecule has 1 N–H and O–H groups in total. The highest BCUT2D eigenvalue weighted by molar-refractivity contribution is 5.97. The molecule has 2 aromatic carbocycles. The zero-order valence-electron chi connectivity index (χ0n) is 8.81. The van der Waals surface area contributed by atoms with E-state index < -0.39 is 0 Å². The van der Waals surface area contributed by atoms with E-state index in [2.05, 4.69) is 12.2 Å². The van der Waals surface area contributed by atoms with Gasteiger partial charge in [0.05, 0.1) is 0 Å². The van der Waals surface area contributed by atoms with Crippen LogP contribution < -0.4 is 5.32 Å². The zero-order valence-corrected chi connectivity index (χ0v) is 8.81.